The quantitative estimate of drug-likeness (QED) is 0.742. The maximum absolute atomic E-state index is 5.77. The van der Waals surface area contributed by atoms with Crippen LogP contribution < -0.4 is 16.2 Å². The lowest BCUT2D eigenvalue weighted by Gasteiger charge is -2.00. The first kappa shape index (κ1) is 9.32. The molecule has 15 heavy (non-hydrogen) atoms. The fourth-order valence-electron chi connectivity index (χ4n) is 1.23. The van der Waals surface area contributed by atoms with E-state index in [0.29, 0.717) is 23.2 Å². The lowest BCUT2D eigenvalue weighted by atomic mass is 10.4. The first-order valence-corrected chi connectivity index (χ1v) is 4.33. The van der Waals surface area contributed by atoms with Crippen LogP contribution in [0.1, 0.15) is 0 Å². The Labute approximate surface area is 86.5 Å². The Hall–Kier alpha value is -2.24. The number of hydrogen-bond acceptors (Lipinski definition) is 5. The Morgan fingerprint density at radius 3 is 2.67 bits per heavy atom. The second kappa shape index (κ2) is 3.49. The molecule has 0 aliphatic rings. The molecule has 2 rings (SSSR count). The van der Waals surface area contributed by atoms with Gasteiger partial charge in [-0.05, 0) is 12.1 Å². The summed E-state index contributed by atoms with van der Waals surface area (Å²) < 4.78 is 6.40. The van der Waals surface area contributed by atoms with Crippen molar-refractivity contribution in [2.75, 3.05) is 18.6 Å². The largest absolute Gasteiger partial charge is 0.478 e. The van der Waals surface area contributed by atoms with E-state index in [4.69, 9.17) is 16.2 Å². The highest BCUT2D eigenvalue weighted by molar-refractivity contribution is 5.67. The van der Waals surface area contributed by atoms with Gasteiger partial charge in [-0.1, -0.05) is 6.07 Å². The molecule has 2 aromatic rings. The molecule has 0 aliphatic heterocycles. The lowest BCUT2D eigenvalue weighted by Crippen LogP contribution is -2.04. The number of hydrogen-bond donors (Lipinski definition) is 2. The maximum atomic E-state index is 5.77. The maximum Gasteiger partial charge on any atom is 0.258 e. The monoisotopic (exact) mass is 205 g/mol. The Balaban J connectivity index is 2.55. The molecule has 2 aromatic heterocycles. The van der Waals surface area contributed by atoms with E-state index < -0.39 is 0 Å². The minimum atomic E-state index is 0.304. The fourth-order valence-corrected chi connectivity index (χ4v) is 1.23. The second-order valence-corrected chi connectivity index (χ2v) is 2.91. The lowest BCUT2D eigenvalue weighted by molar-refractivity contribution is 0.396. The van der Waals surface area contributed by atoms with Gasteiger partial charge >= 0.3 is 0 Å². The summed E-state index contributed by atoms with van der Waals surface area (Å²) in [5.74, 6) is 1.23. The molecule has 0 aromatic carbocycles. The number of nitrogens with two attached hydrogens (primary N) is 2. The summed E-state index contributed by atoms with van der Waals surface area (Å²) in [6.07, 6.45) is 1.65. The molecule has 0 saturated heterocycles. The van der Waals surface area contributed by atoms with Crippen LogP contribution in [0.4, 0.5) is 11.5 Å². The molecule has 0 aliphatic carbocycles. The molecular formula is C9H11N5O. The van der Waals surface area contributed by atoms with Gasteiger partial charge in [0.2, 0.25) is 0 Å². The van der Waals surface area contributed by atoms with Gasteiger partial charge in [-0.15, -0.1) is 5.10 Å². The predicted molar refractivity (Wildman–Crippen MR) is 56.7 cm³/mol. The summed E-state index contributed by atoms with van der Waals surface area (Å²) >= 11 is 0. The van der Waals surface area contributed by atoms with Gasteiger partial charge in [-0.3, -0.25) is 0 Å². The number of methoxy groups -OCH3 is 1. The Kier molecular flexibility index (Phi) is 2.17. The molecule has 0 amide bonds. The van der Waals surface area contributed by atoms with E-state index >= 15 is 0 Å². The fraction of sp³-hybridized carbons (Fsp3) is 0.111. The molecule has 78 valence electrons. The highest BCUT2D eigenvalue weighted by atomic mass is 16.5. The van der Waals surface area contributed by atoms with Crippen LogP contribution in [0.2, 0.25) is 0 Å². The zero-order valence-corrected chi connectivity index (χ0v) is 8.21. The predicted octanol–water partition coefficient (Wildman–Crippen LogP) is 0.440. The zero-order chi connectivity index (χ0) is 10.8. The third-order valence-corrected chi connectivity index (χ3v) is 1.99. The van der Waals surface area contributed by atoms with Crippen molar-refractivity contribution >= 4 is 11.5 Å². The van der Waals surface area contributed by atoms with Gasteiger partial charge in [0.1, 0.15) is 5.69 Å². The van der Waals surface area contributed by atoms with Crippen LogP contribution >= 0.6 is 0 Å². The van der Waals surface area contributed by atoms with E-state index in [1.54, 1.807) is 12.3 Å². The van der Waals surface area contributed by atoms with Crippen LogP contribution in [0.25, 0.3) is 5.82 Å². The number of rotatable bonds is 2. The minimum Gasteiger partial charge on any atom is -0.478 e. The molecule has 0 radical (unpaired) electrons. The van der Waals surface area contributed by atoms with Crippen LogP contribution in [0.15, 0.2) is 24.4 Å². The number of nitrogen functional groups attached to an aromatic ring is 2. The first-order valence-electron chi connectivity index (χ1n) is 4.33. The van der Waals surface area contributed by atoms with E-state index in [1.807, 2.05) is 12.1 Å². The third-order valence-electron chi connectivity index (χ3n) is 1.99. The minimum absolute atomic E-state index is 0.304. The molecule has 0 saturated carbocycles. The van der Waals surface area contributed by atoms with Gasteiger partial charge in [-0.25, -0.2) is 4.98 Å². The van der Waals surface area contributed by atoms with Gasteiger partial charge in [0, 0.05) is 6.20 Å². The highest BCUT2D eigenvalue weighted by Crippen LogP contribution is 2.27. The van der Waals surface area contributed by atoms with Crippen molar-refractivity contribution < 1.29 is 4.74 Å². The van der Waals surface area contributed by atoms with Crippen LogP contribution in [0.5, 0.6) is 5.88 Å². The molecule has 0 fully saturated rings. The number of pyridine rings is 1. The van der Waals surface area contributed by atoms with Crippen LogP contribution in [0.3, 0.4) is 0 Å². The molecule has 0 unspecified atom stereocenters. The number of anilines is 2. The van der Waals surface area contributed by atoms with Crippen molar-refractivity contribution in [1.82, 2.24) is 14.8 Å². The van der Waals surface area contributed by atoms with E-state index in [1.165, 1.54) is 11.8 Å². The average Bonchev–Trinajstić information content (AvgIpc) is 2.57. The van der Waals surface area contributed by atoms with Crippen molar-refractivity contribution in [3.05, 3.63) is 24.4 Å². The standard InChI is InChI=1S/C9H11N5O/c1-15-9-7(10)8(11)14(13-9)6-4-2-3-5-12-6/h2-5H,10-11H2,1H3. The summed E-state index contributed by atoms with van der Waals surface area (Å²) in [7, 11) is 1.49. The number of ether oxygens (including phenoxy) is 1. The summed E-state index contributed by atoms with van der Waals surface area (Å²) in [5.41, 5.74) is 11.8. The smallest absolute Gasteiger partial charge is 0.258 e. The van der Waals surface area contributed by atoms with Crippen molar-refractivity contribution in [2.24, 2.45) is 0 Å². The van der Waals surface area contributed by atoms with E-state index in [9.17, 15) is 0 Å². The van der Waals surface area contributed by atoms with E-state index in [0.717, 1.165) is 0 Å². The first-order chi connectivity index (χ1) is 7.24. The average molecular weight is 205 g/mol. The molecule has 6 heteroatoms. The number of aromatic nitrogens is 3. The summed E-state index contributed by atoms with van der Waals surface area (Å²) in [4.78, 5) is 4.11. The Bertz CT molecular complexity index is 465. The highest BCUT2D eigenvalue weighted by Gasteiger charge is 2.14. The Morgan fingerprint density at radius 2 is 2.13 bits per heavy atom. The molecule has 6 nitrogen and oxygen atoms in total. The SMILES string of the molecule is COc1nn(-c2ccccn2)c(N)c1N. The van der Waals surface area contributed by atoms with Crippen LogP contribution in [-0.2, 0) is 0 Å². The van der Waals surface area contributed by atoms with Gasteiger partial charge in [0.25, 0.3) is 5.88 Å². The van der Waals surface area contributed by atoms with Gasteiger partial charge in [0.05, 0.1) is 7.11 Å². The molecule has 0 bridgehead atoms. The van der Waals surface area contributed by atoms with Crippen molar-refractivity contribution in [3.63, 3.8) is 0 Å². The summed E-state index contributed by atoms with van der Waals surface area (Å²) in [6, 6.07) is 5.43. The Morgan fingerprint density at radius 1 is 1.33 bits per heavy atom. The van der Waals surface area contributed by atoms with Crippen molar-refractivity contribution in [1.29, 1.82) is 0 Å². The number of nitrogens with zero attached hydrogens (tertiary/aromatic N) is 3. The molecule has 0 atom stereocenters. The summed E-state index contributed by atoms with van der Waals surface area (Å²) in [5, 5.41) is 4.08. The van der Waals surface area contributed by atoms with Crippen LogP contribution in [0, 0.1) is 0 Å². The van der Waals surface area contributed by atoms with Crippen molar-refractivity contribution in [2.45, 2.75) is 0 Å². The molecular weight excluding hydrogens is 194 g/mol. The van der Waals surface area contributed by atoms with Gasteiger partial charge < -0.3 is 16.2 Å². The van der Waals surface area contributed by atoms with Gasteiger partial charge in [-0.2, -0.15) is 4.68 Å². The topological polar surface area (TPSA) is 92.0 Å². The van der Waals surface area contributed by atoms with Crippen LogP contribution in [-0.4, -0.2) is 21.9 Å². The normalized spacial score (nSPS) is 10.2. The molecule has 4 N–H and O–H groups in total. The zero-order valence-electron chi connectivity index (χ0n) is 8.21. The molecule has 0 spiro atoms. The second-order valence-electron chi connectivity index (χ2n) is 2.91. The van der Waals surface area contributed by atoms with E-state index in [2.05, 4.69) is 10.1 Å². The van der Waals surface area contributed by atoms with Gasteiger partial charge in [0.15, 0.2) is 11.6 Å². The van der Waals surface area contributed by atoms with E-state index in [-0.39, 0.29) is 0 Å². The van der Waals surface area contributed by atoms with Crippen molar-refractivity contribution in [3.8, 4) is 11.7 Å². The summed E-state index contributed by atoms with van der Waals surface area (Å²) in [6.45, 7) is 0. The molecule has 2 heterocycles. The third kappa shape index (κ3) is 1.45.